The van der Waals surface area contributed by atoms with Crippen LogP contribution in [-0.2, 0) is 6.54 Å². The number of aliphatic hydroxyl groups excluding tert-OH is 1. The van der Waals surface area contributed by atoms with Crippen LogP contribution in [0.4, 0.5) is 0 Å². The first kappa shape index (κ1) is 13.8. The van der Waals surface area contributed by atoms with E-state index in [1.54, 1.807) is 6.20 Å². The van der Waals surface area contributed by atoms with Gasteiger partial charge in [-0.2, -0.15) is 5.10 Å². The Labute approximate surface area is 114 Å². The molecular weight excluding hydrogens is 238 g/mol. The van der Waals surface area contributed by atoms with E-state index in [1.807, 2.05) is 23.9 Å². The van der Waals surface area contributed by atoms with Crippen molar-refractivity contribution < 1.29 is 5.11 Å². The first-order chi connectivity index (χ1) is 9.29. The number of rotatable bonds is 7. The van der Waals surface area contributed by atoms with Crippen LogP contribution in [0, 0.1) is 0 Å². The highest BCUT2D eigenvalue weighted by atomic mass is 16.3. The molecule has 0 aliphatic carbocycles. The molecule has 0 amide bonds. The van der Waals surface area contributed by atoms with Gasteiger partial charge in [-0.1, -0.05) is 19.1 Å². The Morgan fingerprint density at radius 3 is 2.74 bits per heavy atom. The summed E-state index contributed by atoms with van der Waals surface area (Å²) in [5.74, 6) is 0. The van der Waals surface area contributed by atoms with Crippen LogP contribution in [-0.4, -0.2) is 27.5 Å². The molecule has 19 heavy (non-hydrogen) atoms. The maximum Gasteiger partial charge on any atom is 0.0645 e. The third kappa shape index (κ3) is 4.19. The van der Waals surface area contributed by atoms with Crippen LogP contribution in [0.2, 0.25) is 0 Å². The van der Waals surface area contributed by atoms with Crippen molar-refractivity contribution in [3.8, 4) is 5.69 Å². The van der Waals surface area contributed by atoms with Gasteiger partial charge in [-0.05, 0) is 43.1 Å². The smallest absolute Gasteiger partial charge is 0.0645 e. The van der Waals surface area contributed by atoms with Crippen molar-refractivity contribution in [1.82, 2.24) is 15.1 Å². The second kappa shape index (κ2) is 7.07. The average Bonchev–Trinajstić information content (AvgIpc) is 2.98. The minimum absolute atomic E-state index is 0.185. The first-order valence-corrected chi connectivity index (χ1v) is 6.77. The van der Waals surface area contributed by atoms with Crippen molar-refractivity contribution in [2.75, 3.05) is 6.54 Å². The second-order valence-electron chi connectivity index (χ2n) is 4.64. The van der Waals surface area contributed by atoms with Crippen LogP contribution in [0.15, 0.2) is 42.7 Å². The zero-order valence-electron chi connectivity index (χ0n) is 11.3. The molecule has 0 saturated carbocycles. The summed E-state index contributed by atoms with van der Waals surface area (Å²) >= 11 is 0. The summed E-state index contributed by atoms with van der Waals surface area (Å²) in [5, 5.41) is 17.0. The first-order valence-electron chi connectivity index (χ1n) is 6.77. The van der Waals surface area contributed by atoms with Crippen molar-refractivity contribution in [1.29, 1.82) is 0 Å². The Bertz CT molecular complexity index is 465. The van der Waals surface area contributed by atoms with E-state index in [1.165, 1.54) is 5.56 Å². The molecule has 1 aromatic heterocycles. The van der Waals surface area contributed by atoms with Gasteiger partial charge in [-0.3, -0.25) is 0 Å². The highest BCUT2D eigenvalue weighted by Crippen LogP contribution is 2.08. The zero-order chi connectivity index (χ0) is 13.5. The number of nitrogens with one attached hydrogen (secondary N) is 1. The van der Waals surface area contributed by atoms with Gasteiger partial charge in [-0.25, -0.2) is 4.68 Å². The molecule has 0 aliphatic rings. The summed E-state index contributed by atoms with van der Waals surface area (Å²) in [4.78, 5) is 0. The quantitative estimate of drug-likeness (QED) is 0.749. The summed E-state index contributed by atoms with van der Waals surface area (Å²) in [5.41, 5.74) is 2.30. The summed E-state index contributed by atoms with van der Waals surface area (Å²) in [6.45, 7) is 3.67. The van der Waals surface area contributed by atoms with E-state index in [9.17, 15) is 5.11 Å². The van der Waals surface area contributed by atoms with Gasteiger partial charge in [0.15, 0.2) is 0 Å². The molecule has 0 aliphatic heterocycles. The van der Waals surface area contributed by atoms with Gasteiger partial charge in [0.1, 0.15) is 0 Å². The molecule has 2 N–H and O–H groups in total. The van der Waals surface area contributed by atoms with Gasteiger partial charge in [0.2, 0.25) is 0 Å². The molecule has 4 heteroatoms. The average molecular weight is 259 g/mol. The SMILES string of the molecule is CCC(O)CCNCc1ccc(-n2cccn2)cc1. The Morgan fingerprint density at radius 1 is 1.32 bits per heavy atom. The number of hydrogen-bond donors (Lipinski definition) is 2. The van der Waals surface area contributed by atoms with Gasteiger partial charge in [0, 0.05) is 18.9 Å². The molecule has 4 nitrogen and oxygen atoms in total. The molecular formula is C15H21N3O. The molecule has 0 spiro atoms. The number of hydrogen-bond acceptors (Lipinski definition) is 3. The maximum atomic E-state index is 9.45. The normalized spacial score (nSPS) is 12.5. The molecule has 0 bridgehead atoms. The van der Waals surface area contributed by atoms with Crippen LogP contribution in [0.5, 0.6) is 0 Å². The van der Waals surface area contributed by atoms with Crippen LogP contribution >= 0.6 is 0 Å². The lowest BCUT2D eigenvalue weighted by Crippen LogP contribution is -2.19. The molecule has 1 atom stereocenters. The molecule has 1 heterocycles. The highest BCUT2D eigenvalue weighted by molar-refractivity contribution is 5.33. The molecule has 2 aromatic rings. The van der Waals surface area contributed by atoms with Crippen molar-refractivity contribution >= 4 is 0 Å². The minimum atomic E-state index is -0.185. The third-order valence-electron chi connectivity index (χ3n) is 3.16. The van der Waals surface area contributed by atoms with E-state index in [0.29, 0.717) is 0 Å². The third-order valence-corrected chi connectivity index (χ3v) is 3.16. The summed E-state index contributed by atoms with van der Waals surface area (Å²) in [6, 6.07) is 10.2. The van der Waals surface area contributed by atoms with Crippen LogP contribution in [0.25, 0.3) is 5.69 Å². The lowest BCUT2D eigenvalue weighted by Gasteiger charge is -2.09. The fraction of sp³-hybridized carbons (Fsp3) is 0.400. The molecule has 1 aromatic carbocycles. The fourth-order valence-electron chi connectivity index (χ4n) is 1.89. The van der Waals surface area contributed by atoms with Gasteiger partial charge < -0.3 is 10.4 Å². The molecule has 0 saturated heterocycles. The second-order valence-corrected chi connectivity index (χ2v) is 4.64. The van der Waals surface area contributed by atoms with Crippen LogP contribution < -0.4 is 5.32 Å². The van der Waals surface area contributed by atoms with E-state index in [4.69, 9.17) is 0 Å². The summed E-state index contributed by atoms with van der Waals surface area (Å²) in [6.07, 6.45) is 5.14. The monoisotopic (exact) mass is 259 g/mol. The molecule has 102 valence electrons. The molecule has 0 radical (unpaired) electrons. The van der Waals surface area contributed by atoms with E-state index >= 15 is 0 Å². The largest absolute Gasteiger partial charge is 0.393 e. The minimum Gasteiger partial charge on any atom is -0.393 e. The highest BCUT2D eigenvalue weighted by Gasteiger charge is 2.00. The lowest BCUT2D eigenvalue weighted by molar-refractivity contribution is 0.159. The van der Waals surface area contributed by atoms with E-state index < -0.39 is 0 Å². The van der Waals surface area contributed by atoms with E-state index in [-0.39, 0.29) is 6.10 Å². The van der Waals surface area contributed by atoms with Crippen LogP contribution in [0.3, 0.4) is 0 Å². The number of nitrogens with zero attached hydrogens (tertiary/aromatic N) is 2. The Morgan fingerprint density at radius 2 is 2.11 bits per heavy atom. The summed E-state index contributed by atoms with van der Waals surface area (Å²) in [7, 11) is 0. The van der Waals surface area contributed by atoms with Gasteiger partial charge >= 0.3 is 0 Å². The Kier molecular flexibility index (Phi) is 5.12. The van der Waals surface area contributed by atoms with Crippen molar-refractivity contribution in [2.24, 2.45) is 0 Å². The zero-order valence-corrected chi connectivity index (χ0v) is 11.3. The Hall–Kier alpha value is -1.65. The predicted molar refractivity (Wildman–Crippen MR) is 76.2 cm³/mol. The van der Waals surface area contributed by atoms with Gasteiger partial charge in [-0.15, -0.1) is 0 Å². The van der Waals surface area contributed by atoms with Crippen molar-refractivity contribution in [3.63, 3.8) is 0 Å². The van der Waals surface area contributed by atoms with E-state index in [0.717, 1.165) is 31.6 Å². The van der Waals surface area contributed by atoms with Crippen molar-refractivity contribution in [3.05, 3.63) is 48.3 Å². The lowest BCUT2D eigenvalue weighted by atomic mass is 10.2. The van der Waals surface area contributed by atoms with Gasteiger partial charge in [0.05, 0.1) is 11.8 Å². The summed E-state index contributed by atoms with van der Waals surface area (Å²) < 4.78 is 1.84. The molecule has 2 rings (SSSR count). The number of benzene rings is 1. The standard InChI is InChI=1S/C15H21N3O/c1-2-15(19)8-10-16-12-13-4-6-14(7-5-13)18-11-3-9-17-18/h3-7,9,11,15-16,19H,2,8,10,12H2,1H3. The number of aromatic nitrogens is 2. The topological polar surface area (TPSA) is 50.1 Å². The maximum absolute atomic E-state index is 9.45. The van der Waals surface area contributed by atoms with Crippen molar-refractivity contribution in [2.45, 2.75) is 32.4 Å². The van der Waals surface area contributed by atoms with Gasteiger partial charge in [0.25, 0.3) is 0 Å². The predicted octanol–water partition coefficient (Wildman–Crippen LogP) is 2.12. The Balaban J connectivity index is 1.79. The molecule has 1 unspecified atom stereocenters. The number of aliphatic hydroxyl groups is 1. The van der Waals surface area contributed by atoms with E-state index in [2.05, 4.69) is 34.7 Å². The fourth-order valence-corrected chi connectivity index (χ4v) is 1.89. The van der Waals surface area contributed by atoms with Crippen LogP contribution in [0.1, 0.15) is 25.3 Å². The molecule has 0 fully saturated rings.